The van der Waals surface area contributed by atoms with Gasteiger partial charge in [-0.05, 0) is 31.2 Å². The Morgan fingerprint density at radius 2 is 1.97 bits per heavy atom. The van der Waals surface area contributed by atoms with Crippen molar-refractivity contribution in [2.24, 2.45) is 5.10 Å². The van der Waals surface area contributed by atoms with E-state index in [2.05, 4.69) is 21.0 Å². The van der Waals surface area contributed by atoms with Crippen molar-refractivity contribution >= 4 is 33.0 Å². The maximum atomic E-state index is 13.3. The third kappa shape index (κ3) is 3.79. The van der Waals surface area contributed by atoms with Gasteiger partial charge < -0.3 is 14.2 Å². The highest BCUT2D eigenvalue weighted by molar-refractivity contribution is 9.10. The summed E-state index contributed by atoms with van der Waals surface area (Å²) in [7, 11) is 0. The molecule has 0 saturated carbocycles. The zero-order valence-corrected chi connectivity index (χ0v) is 18.8. The Balaban J connectivity index is 1.89. The van der Waals surface area contributed by atoms with Crippen LogP contribution in [0, 0.1) is 0 Å². The number of halogens is 1. The van der Waals surface area contributed by atoms with E-state index in [1.165, 1.54) is 4.68 Å². The normalized spacial score (nSPS) is 13.4. The first-order valence-electron chi connectivity index (χ1n) is 9.61. The third-order valence-corrected chi connectivity index (χ3v) is 5.09. The lowest BCUT2D eigenvalue weighted by molar-refractivity contribution is 0.174. The molecule has 156 valence electrons. The van der Waals surface area contributed by atoms with Gasteiger partial charge in [-0.2, -0.15) is 9.78 Å². The van der Waals surface area contributed by atoms with Gasteiger partial charge in [0, 0.05) is 21.5 Å². The van der Waals surface area contributed by atoms with Crippen LogP contribution in [-0.4, -0.2) is 29.3 Å². The van der Waals surface area contributed by atoms with E-state index < -0.39 is 5.41 Å². The van der Waals surface area contributed by atoms with Gasteiger partial charge >= 0.3 is 0 Å². The second-order valence-electron chi connectivity index (χ2n) is 7.88. The first-order chi connectivity index (χ1) is 14.3. The molecule has 0 saturated heterocycles. The molecule has 2 aromatic carbocycles. The van der Waals surface area contributed by atoms with Crippen LogP contribution in [-0.2, 0) is 5.41 Å². The highest BCUT2D eigenvalue weighted by Crippen LogP contribution is 2.37. The Kier molecular flexibility index (Phi) is 5.27. The number of rotatable bonds is 4. The summed E-state index contributed by atoms with van der Waals surface area (Å²) in [6.45, 7) is 8.55. The minimum atomic E-state index is -0.393. The first-order valence-corrected chi connectivity index (χ1v) is 10.4. The zero-order valence-electron chi connectivity index (χ0n) is 17.2. The molecular weight excluding hydrogens is 450 g/mol. The average Bonchev–Trinajstić information content (AvgIpc) is 3.14. The minimum absolute atomic E-state index is 0.165. The molecule has 1 aromatic heterocycles. The summed E-state index contributed by atoms with van der Waals surface area (Å²) < 4.78 is 18.8. The number of nitrogens with zero attached hydrogens (tertiary/aromatic N) is 3. The zero-order chi connectivity index (χ0) is 21.5. The molecule has 0 atom stereocenters. The molecule has 0 spiro atoms. The van der Waals surface area contributed by atoms with Crippen LogP contribution in [0.25, 0.3) is 10.9 Å². The van der Waals surface area contributed by atoms with Crippen LogP contribution in [0.3, 0.4) is 0 Å². The van der Waals surface area contributed by atoms with Gasteiger partial charge in [-0.25, -0.2) is 4.98 Å². The summed E-state index contributed by atoms with van der Waals surface area (Å²) in [4.78, 5) is 18.0. The molecule has 0 unspecified atom stereocenters. The molecule has 0 N–H and O–H groups in total. The SMILES string of the molecule is CCOc1cc2c(cc1C=Nn1c(C(C)(C)C)nc3ccc(Br)cc3c1=O)OCO2. The van der Waals surface area contributed by atoms with Crippen LogP contribution in [0.5, 0.6) is 17.2 Å². The molecular formula is C22H22BrN3O4. The minimum Gasteiger partial charge on any atom is -0.493 e. The number of hydrogen-bond acceptors (Lipinski definition) is 6. The van der Waals surface area contributed by atoms with Gasteiger partial charge in [0.25, 0.3) is 5.56 Å². The molecule has 7 nitrogen and oxygen atoms in total. The van der Waals surface area contributed by atoms with Crippen molar-refractivity contribution < 1.29 is 14.2 Å². The van der Waals surface area contributed by atoms with Gasteiger partial charge in [0.1, 0.15) is 11.6 Å². The van der Waals surface area contributed by atoms with Crippen molar-refractivity contribution in [3.05, 3.63) is 56.5 Å². The second kappa shape index (κ2) is 7.75. The largest absolute Gasteiger partial charge is 0.493 e. The van der Waals surface area contributed by atoms with Crippen molar-refractivity contribution in [1.29, 1.82) is 0 Å². The van der Waals surface area contributed by atoms with E-state index in [9.17, 15) is 4.79 Å². The second-order valence-corrected chi connectivity index (χ2v) is 8.80. The van der Waals surface area contributed by atoms with Gasteiger partial charge in [0.05, 0.1) is 23.7 Å². The average molecular weight is 472 g/mol. The summed E-state index contributed by atoms with van der Waals surface area (Å²) in [5, 5.41) is 5.01. The van der Waals surface area contributed by atoms with Crippen molar-refractivity contribution in [3.63, 3.8) is 0 Å². The van der Waals surface area contributed by atoms with Crippen LogP contribution in [0.2, 0.25) is 0 Å². The highest BCUT2D eigenvalue weighted by Gasteiger charge is 2.23. The summed E-state index contributed by atoms with van der Waals surface area (Å²) in [6.07, 6.45) is 1.59. The fraction of sp³-hybridized carbons (Fsp3) is 0.318. The molecule has 0 radical (unpaired) electrons. The molecule has 2 heterocycles. The monoisotopic (exact) mass is 471 g/mol. The van der Waals surface area contributed by atoms with E-state index in [0.717, 1.165) is 4.47 Å². The van der Waals surface area contributed by atoms with Crippen molar-refractivity contribution in [2.75, 3.05) is 13.4 Å². The first kappa shape index (κ1) is 20.4. The van der Waals surface area contributed by atoms with Crippen LogP contribution in [0.4, 0.5) is 0 Å². The smallest absolute Gasteiger partial charge is 0.282 e. The van der Waals surface area contributed by atoms with Gasteiger partial charge in [-0.15, -0.1) is 0 Å². The molecule has 8 heteroatoms. The maximum Gasteiger partial charge on any atom is 0.282 e. The lowest BCUT2D eigenvalue weighted by atomic mass is 9.95. The predicted molar refractivity (Wildman–Crippen MR) is 119 cm³/mol. The summed E-state index contributed by atoms with van der Waals surface area (Å²) >= 11 is 3.42. The Morgan fingerprint density at radius 1 is 1.23 bits per heavy atom. The van der Waals surface area contributed by atoms with E-state index in [1.807, 2.05) is 39.8 Å². The van der Waals surface area contributed by atoms with Gasteiger partial charge in [-0.1, -0.05) is 36.7 Å². The standard InChI is InChI=1S/C22H22BrN3O4/c1-5-28-17-10-19-18(29-12-30-19)8-13(17)11-24-26-20(27)15-9-14(23)6-7-16(15)25-21(26)22(2,3)4/h6-11H,5,12H2,1-4H3. The van der Waals surface area contributed by atoms with E-state index in [-0.39, 0.29) is 12.4 Å². The molecule has 1 aliphatic rings. The van der Waals surface area contributed by atoms with Crippen molar-refractivity contribution in [1.82, 2.24) is 9.66 Å². The van der Waals surface area contributed by atoms with Gasteiger partial charge in [0.2, 0.25) is 6.79 Å². The Morgan fingerprint density at radius 3 is 2.67 bits per heavy atom. The molecule has 0 aliphatic carbocycles. The third-order valence-electron chi connectivity index (χ3n) is 4.60. The summed E-state index contributed by atoms with van der Waals surface area (Å²) in [5.74, 6) is 2.41. The summed E-state index contributed by atoms with van der Waals surface area (Å²) in [6, 6.07) is 9.03. The van der Waals surface area contributed by atoms with Crippen LogP contribution >= 0.6 is 15.9 Å². The van der Waals surface area contributed by atoms with Gasteiger partial charge in [-0.3, -0.25) is 4.79 Å². The molecule has 1 aliphatic heterocycles. The quantitative estimate of drug-likeness (QED) is 0.524. The Bertz CT molecular complexity index is 1210. The van der Waals surface area contributed by atoms with E-state index in [4.69, 9.17) is 19.2 Å². The predicted octanol–water partition coefficient (Wildman–Crippen LogP) is 4.47. The number of fused-ring (bicyclic) bond motifs is 2. The molecule has 30 heavy (non-hydrogen) atoms. The van der Waals surface area contributed by atoms with E-state index in [1.54, 1.807) is 24.4 Å². The molecule has 0 amide bonds. The number of hydrogen-bond donors (Lipinski definition) is 0. The number of ether oxygens (including phenoxy) is 3. The van der Waals surface area contributed by atoms with Crippen molar-refractivity contribution in [3.8, 4) is 17.2 Å². The van der Waals surface area contributed by atoms with Crippen molar-refractivity contribution in [2.45, 2.75) is 33.1 Å². The van der Waals surface area contributed by atoms with E-state index >= 15 is 0 Å². The van der Waals surface area contributed by atoms with Crippen LogP contribution < -0.4 is 19.8 Å². The fourth-order valence-corrected chi connectivity index (χ4v) is 3.54. The fourth-order valence-electron chi connectivity index (χ4n) is 3.18. The molecule has 4 rings (SSSR count). The Hall–Kier alpha value is -2.87. The lowest BCUT2D eigenvalue weighted by Gasteiger charge is -2.21. The molecule has 3 aromatic rings. The topological polar surface area (TPSA) is 74.9 Å². The number of aromatic nitrogens is 2. The van der Waals surface area contributed by atoms with E-state index in [0.29, 0.717) is 46.1 Å². The number of benzene rings is 2. The lowest BCUT2D eigenvalue weighted by Crippen LogP contribution is -2.29. The summed E-state index contributed by atoms with van der Waals surface area (Å²) in [5.41, 5.74) is 0.691. The molecule has 0 fully saturated rings. The van der Waals surface area contributed by atoms with Gasteiger partial charge in [0.15, 0.2) is 11.5 Å². The van der Waals surface area contributed by atoms with Crippen LogP contribution in [0.15, 0.2) is 44.7 Å². The van der Waals surface area contributed by atoms with Crippen LogP contribution in [0.1, 0.15) is 39.1 Å². The molecule has 0 bridgehead atoms. The maximum absolute atomic E-state index is 13.3. The highest BCUT2D eigenvalue weighted by atomic mass is 79.9. The Labute approximate surface area is 182 Å².